The Hall–Kier alpha value is -1.48. The lowest BCUT2D eigenvalue weighted by Crippen LogP contribution is -2.02. The fraction of sp³-hybridized carbons (Fsp3) is 0.176. The van der Waals surface area contributed by atoms with E-state index >= 15 is 0 Å². The second-order valence-electron chi connectivity index (χ2n) is 5.11. The van der Waals surface area contributed by atoms with Crippen LogP contribution in [0.1, 0.15) is 11.1 Å². The van der Waals surface area contributed by atoms with E-state index in [4.69, 9.17) is 28.9 Å². The molecule has 0 radical (unpaired) electrons. The standard InChI is InChI=1S/C17H16Cl2N2/c18-14-3-1-12(2-4-14)10-21-11-13(7-8-20)16-6-5-15(19)9-17(16)21/h1-6,9,11H,7-8,10,20H2. The number of benzene rings is 2. The average Bonchev–Trinajstić information content (AvgIpc) is 2.79. The lowest BCUT2D eigenvalue weighted by Gasteiger charge is -2.06. The highest BCUT2D eigenvalue weighted by Crippen LogP contribution is 2.26. The van der Waals surface area contributed by atoms with Crippen molar-refractivity contribution in [3.63, 3.8) is 0 Å². The van der Waals surface area contributed by atoms with Crippen LogP contribution < -0.4 is 5.73 Å². The Morgan fingerprint density at radius 2 is 1.67 bits per heavy atom. The van der Waals surface area contributed by atoms with E-state index in [2.05, 4.69) is 16.8 Å². The van der Waals surface area contributed by atoms with E-state index < -0.39 is 0 Å². The number of hydrogen-bond acceptors (Lipinski definition) is 1. The van der Waals surface area contributed by atoms with Gasteiger partial charge in [0.2, 0.25) is 0 Å². The molecular formula is C17H16Cl2N2. The van der Waals surface area contributed by atoms with Gasteiger partial charge in [0.05, 0.1) is 5.52 Å². The van der Waals surface area contributed by atoms with Crippen LogP contribution >= 0.6 is 23.2 Å². The largest absolute Gasteiger partial charge is 0.343 e. The normalized spacial score (nSPS) is 11.2. The zero-order valence-electron chi connectivity index (χ0n) is 11.5. The number of hydrogen-bond donors (Lipinski definition) is 1. The maximum atomic E-state index is 6.15. The fourth-order valence-electron chi connectivity index (χ4n) is 2.61. The maximum Gasteiger partial charge on any atom is 0.0501 e. The molecule has 0 atom stereocenters. The van der Waals surface area contributed by atoms with Crippen molar-refractivity contribution in [1.82, 2.24) is 4.57 Å². The van der Waals surface area contributed by atoms with Crippen LogP contribution in [-0.2, 0) is 13.0 Å². The Labute approximate surface area is 134 Å². The van der Waals surface area contributed by atoms with Crippen molar-refractivity contribution in [2.24, 2.45) is 5.73 Å². The van der Waals surface area contributed by atoms with Gasteiger partial charge in [0.25, 0.3) is 0 Å². The molecule has 1 heterocycles. The summed E-state index contributed by atoms with van der Waals surface area (Å²) in [5.41, 5.74) is 9.32. The van der Waals surface area contributed by atoms with Crippen LogP contribution in [0.3, 0.4) is 0 Å². The second kappa shape index (κ2) is 6.10. The minimum Gasteiger partial charge on any atom is -0.343 e. The summed E-state index contributed by atoms with van der Waals surface area (Å²) in [4.78, 5) is 0. The van der Waals surface area contributed by atoms with Crippen molar-refractivity contribution in [3.05, 3.63) is 69.8 Å². The topological polar surface area (TPSA) is 30.9 Å². The predicted molar refractivity (Wildman–Crippen MR) is 90.3 cm³/mol. The first-order valence-electron chi connectivity index (χ1n) is 6.89. The molecule has 2 nitrogen and oxygen atoms in total. The molecule has 0 fully saturated rings. The second-order valence-corrected chi connectivity index (χ2v) is 5.98. The summed E-state index contributed by atoms with van der Waals surface area (Å²) in [6, 6.07) is 13.9. The predicted octanol–water partition coefficient (Wildman–Crippen LogP) is 4.50. The number of nitrogens with zero attached hydrogens (tertiary/aromatic N) is 1. The summed E-state index contributed by atoms with van der Waals surface area (Å²) in [7, 11) is 0. The van der Waals surface area contributed by atoms with Crippen LogP contribution in [0.15, 0.2) is 48.7 Å². The Bertz CT molecular complexity index is 760. The summed E-state index contributed by atoms with van der Waals surface area (Å²) >= 11 is 12.1. The molecule has 0 aliphatic heterocycles. The first kappa shape index (κ1) is 14.5. The van der Waals surface area contributed by atoms with Crippen molar-refractivity contribution in [2.75, 3.05) is 6.54 Å². The summed E-state index contributed by atoms with van der Waals surface area (Å²) in [6.07, 6.45) is 3.04. The van der Waals surface area contributed by atoms with E-state index in [0.717, 1.165) is 28.5 Å². The molecule has 1 aromatic heterocycles. The van der Waals surface area contributed by atoms with E-state index in [1.807, 2.05) is 36.4 Å². The van der Waals surface area contributed by atoms with Gasteiger partial charge in [0.1, 0.15) is 0 Å². The van der Waals surface area contributed by atoms with Crippen molar-refractivity contribution in [3.8, 4) is 0 Å². The van der Waals surface area contributed by atoms with Gasteiger partial charge in [0, 0.05) is 28.2 Å². The van der Waals surface area contributed by atoms with Gasteiger partial charge in [-0.25, -0.2) is 0 Å². The van der Waals surface area contributed by atoms with E-state index in [0.29, 0.717) is 6.54 Å². The third kappa shape index (κ3) is 3.08. The smallest absolute Gasteiger partial charge is 0.0501 e. The molecule has 0 unspecified atom stereocenters. The van der Waals surface area contributed by atoms with Gasteiger partial charge in [-0.05, 0) is 48.4 Å². The molecule has 4 heteroatoms. The van der Waals surface area contributed by atoms with E-state index in [1.165, 1.54) is 16.5 Å². The van der Waals surface area contributed by atoms with Crippen molar-refractivity contribution >= 4 is 34.1 Å². The van der Waals surface area contributed by atoms with Crippen molar-refractivity contribution in [2.45, 2.75) is 13.0 Å². The summed E-state index contributed by atoms with van der Waals surface area (Å²) in [6.45, 7) is 1.43. The molecule has 21 heavy (non-hydrogen) atoms. The molecule has 0 bridgehead atoms. The van der Waals surface area contributed by atoms with Crippen LogP contribution in [0, 0.1) is 0 Å². The molecule has 2 aromatic carbocycles. The van der Waals surface area contributed by atoms with Gasteiger partial charge in [-0.2, -0.15) is 0 Å². The molecule has 108 valence electrons. The number of nitrogens with two attached hydrogens (primary N) is 1. The number of rotatable bonds is 4. The number of halogens is 2. The molecule has 0 spiro atoms. The molecular weight excluding hydrogens is 303 g/mol. The monoisotopic (exact) mass is 318 g/mol. The summed E-state index contributed by atoms with van der Waals surface area (Å²) in [5, 5.41) is 2.72. The molecule has 0 aliphatic carbocycles. The number of fused-ring (bicyclic) bond motifs is 1. The summed E-state index contributed by atoms with van der Waals surface area (Å²) in [5.74, 6) is 0. The van der Waals surface area contributed by atoms with Gasteiger partial charge < -0.3 is 10.3 Å². The highest BCUT2D eigenvalue weighted by molar-refractivity contribution is 6.31. The van der Waals surface area contributed by atoms with Crippen LogP contribution in [0.5, 0.6) is 0 Å². The Morgan fingerprint density at radius 1 is 0.952 bits per heavy atom. The van der Waals surface area contributed by atoms with E-state index in [9.17, 15) is 0 Å². The lowest BCUT2D eigenvalue weighted by molar-refractivity contribution is 0.827. The minimum absolute atomic E-state index is 0.642. The van der Waals surface area contributed by atoms with Gasteiger partial charge in [-0.3, -0.25) is 0 Å². The first-order valence-corrected chi connectivity index (χ1v) is 7.65. The van der Waals surface area contributed by atoms with Crippen molar-refractivity contribution in [1.29, 1.82) is 0 Å². The van der Waals surface area contributed by atoms with Crippen LogP contribution in [0.25, 0.3) is 10.9 Å². The van der Waals surface area contributed by atoms with Gasteiger partial charge in [0.15, 0.2) is 0 Å². The molecule has 0 saturated carbocycles. The quantitative estimate of drug-likeness (QED) is 0.754. The Kier molecular flexibility index (Phi) is 4.20. The van der Waals surface area contributed by atoms with Crippen LogP contribution in [0.4, 0.5) is 0 Å². The third-order valence-corrected chi connectivity index (χ3v) is 4.09. The highest BCUT2D eigenvalue weighted by atomic mass is 35.5. The Morgan fingerprint density at radius 3 is 2.38 bits per heavy atom. The molecule has 3 aromatic rings. The molecule has 2 N–H and O–H groups in total. The van der Waals surface area contributed by atoms with Gasteiger partial charge >= 0.3 is 0 Å². The van der Waals surface area contributed by atoms with Gasteiger partial charge in [-0.15, -0.1) is 0 Å². The SMILES string of the molecule is NCCc1cn(Cc2ccc(Cl)cc2)c2cc(Cl)ccc12. The lowest BCUT2D eigenvalue weighted by atomic mass is 10.1. The van der Waals surface area contributed by atoms with E-state index in [-0.39, 0.29) is 0 Å². The molecule has 3 rings (SSSR count). The molecule has 0 saturated heterocycles. The van der Waals surface area contributed by atoms with Crippen LogP contribution in [0.2, 0.25) is 10.0 Å². The molecule has 0 amide bonds. The third-order valence-electron chi connectivity index (χ3n) is 3.61. The fourth-order valence-corrected chi connectivity index (χ4v) is 2.91. The highest BCUT2D eigenvalue weighted by Gasteiger charge is 2.09. The minimum atomic E-state index is 0.642. The Balaban J connectivity index is 2.04. The maximum absolute atomic E-state index is 6.15. The van der Waals surface area contributed by atoms with Crippen molar-refractivity contribution < 1.29 is 0 Å². The summed E-state index contributed by atoms with van der Waals surface area (Å²) < 4.78 is 2.22. The first-order chi connectivity index (χ1) is 10.2. The zero-order chi connectivity index (χ0) is 14.8. The van der Waals surface area contributed by atoms with E-state index in [1.54, 1.807) is 0 Å². The van der Waals surface area contributed by atoms with Gasteiger partial charge in [-0.1, -0.05) is 41.4 Å². The molecule has 0 aliphatic rings. The zero-order valence-corrected chi connectivity index (χ0v) is 13.0. The average molecular weight is 319 g/mol. The number of aromatic nitrogens is 1. The van der Waals surface area contributed by atoms with Crippen LogP contribution in [-0.4, -0.2) is 11.1 Å².